The van der Waals surface area contributed by atoms with Gasteiger partial charge in [0.15, 0.2) is 37.4 Å². The number of rotatable bonds is 23. The summed E-state index contributed by atoms with van der Waals surface area (Å²) < 4.78 is 77.6. The summed E-state index contributed by atoms with van der Waals surface area (Å²) in [5, 5.41) is 164. The molecule has 5 aliphatic rings. The SMILES string of the molecule is CC(=O)OCC1OC(OC2C(OC(=O)C=Cc3ccc(O)cc3)C(CO)OC(OC3(COC(=O)C=Cc4ccc(O)cc4)OC(CO)C(O)C3OC(=O)c3ccccc3)C2OC2OC(CO)C(O)C(O)C2O)C(O)C(OC2OC(CO)C(O)C(O)C2O)C1O. The van der Waals surface area contributed by atoms with E-state index in [1.807, 2.05) is 0 Å². The van der Waals surface area contributed by atoms with Crippen molar-refractivity contribution in [3.05, 3.63) is 108 Å². The fourth-order valence-electron chi connectivity index (χ4n) is 10.1. The molecule has 5 aliphatic heterocycles. The van der Waals surface area contributed by atoms with Crippen molar-refractivity contribution in [2.45, 2.75) is 154 Å². The van der Waals surface area contributed by atoms with Crippen LogP contribution < -0.4 is 0 Å². The van der Waals surface area contributed by atoms with Gasteiger partial charge >= 0.3 is 23.9 Å². The summed E-state index contributed by atoms with van der Waals surface area (Å²) in [4.78, 5) is 54.1. The van der Waals surface area contributed by atoms with Crippen LogP contribution >= 0.6 is 0 Å². The Bertz CT molecular complexity index is 2840. The molecule has 5 fully saturated rings. The van der Waals surface area contributed by atoms with Crippen molar-refractivity contribution < 1.29 is 157 Å². The van der Waals surface area contributed by atoms with Crippen molar-refractivity contribution >= 4 is 36.0 Å². The number of carbonyl (C=O) groups excluding carboxylic acids is 4. The first-order chi connectivity index (χ1) is 42.5. The van der Waals surface area contributed by atoms with Gasteiger partial charge in [-0.2, -0.15) is 0 Å². The third kappa shape index (κ3) is 16.3. The van der Waals surface area contributed by atoms with E-state index in [9.17, 15) is 95.8 Å². The highest BCUT2D eigenvalue weighted by atomic mass is 16.8. The molecule has 32 nitrogen and oxygen atoms in total. The van der Waals surface area contributed by atoms with Gasteiger partial charge in [-0.05, 0) is 59.7 Å². The first-order valence-electron chi connectivity index (χ1n) is 27.7. The Balaban J connectivity index is 1.27. The topological polar surface area (TPSA) is 492 Å². The van der Waals surface area contributed by atoms with Gasteiger partial charge in [0, 0.05) is 19.1 Å². The summed E-state index contributed by atoms with van der Waals surface area (Å²) in [5.74, 6) is -7.81. The summed E-state index contributed by atoms with van der Waals surface area (Å²) in [5.41, 5.74) is 0.548. The summed E-state index contributed by atoms with van der Waals surface area (Å²) in [6, 6.07) is 17.9. The number of carbonyl (C=O) groups is 4. The second-order valence-electron chi connectivity index (χ2n) is 21.1. The molecular formula is C57H70O32. The fraction of sp³-hybridized carbons (Fsp3) is 0.544. The third-order valence-electron chi connectivity index (χ3n) is 14.9. The molecule has 5 saturated heterocycles. The maximum Gasteiger partial charge on any atom is 0.338 e. The molecule has 0 aliphatic carbocycles. The van der Waals surface area contributed by atoms with Crippen molar-refractivity contribution in [1.29, 1.82) is 0 Å². The molecule has 5 heterocycles. The minimum Gasteiger partial charge on any atom is -0.508 e. The van der Waals surface area contributed by atoms with Gasteiger partial charge in [0.05, 0.1) is 32.0 Å². The number of aliphatic hydroxyl groups excluding tert-OH is 13. The van der Waals surface area contributed by atoms with E-state index < -0.39 is 210 Å². The van der Waals surface area contributed by atoms with Crippen molar-refractivity contribution in [3.8, 4) is 11.5 Å². The Labute approximate surface area is 504 Å². The van der Waals surface area contributed by atoms with Gasteiger partial charge in [0.1, 0.15) is 128 Å². The quantitative estimate of drug-likeness (QED) is 0.0239. The average Bonchev–Trinajstić information content (AvgIpc) is 1.84. The summed E-state index contributed by atoms with van der Waals surface area (Å²) >= 11 is 0. The van der Waals surface area contributed by atoms with E-state index in [1.165, 1.54) is 84.9 Å². The molecule has 0 aromatic heterocycles. The number of aromatic hydroxyl groups is 2. The Morgan fingerprint density at radius 2 is 0.955 bits per heavy atom. The van der Waals surface area contributed by atoms with Crippen LogP contribution in [-0.2, 0) is 76.0 Å². The van der Waals surface area contributed by atoms with Crippen LogP contribution in [0.1, 0.15) is 28.4 Å². The van der Waals surface area contributed by atoms with Gasteiger partial charge in [-0.1, -0.05) is 42.5 Å². The fourth-order valence-corrected chi connectivity index (χ4v) is 10.1. The molecule has 32 heteroatoms. The van der Waals surface area contributed by atoms with Gasteiger partial charge in [-0.3, -0.25) is 4.79 Å². The predicted octanol–water partition coefficient (Wildman–Crippen LogP) is -5.55. The number of phenols is 2. The van der Waals surface area contributed by atoms with E-state index in [1.54, 1.807) is 6.07 Å². The minimum atomic E-state index is -2.97. The molecule has 0 amide bonds. The van der Waals surface area contributed by atoms with Crippen LogP contribution in [0.15, 0.2) is 91.0 Å². The van der Waals surface area contributed by atoms with Gasteiger partial charge in [0.25, 0.3) is 0 Å². The zero-order valence-electron chi connectivity index (χ0n) is 47.0. The van der Waals surface area contributed by atoms with Crippen molar-refractivity contribution in [3.63, 3.8) is 0 Å². The maximum atomic E-state index is 14.1. The second-order valence-corrected chi connectivity index (χ2v) is 21.1. The van der Waals surface area contributed by atoms with Crippen LogP contribution in [0.25, 0.3) is 12.2 Å². The molecule has 490 valence electrons. The predicted molar refractivity (Wildman–Crippen MR) is 288 cm³/mol. The summed E-state index contributed by atoms with van der Waals surface area (Å²) in [6.45, 7) is -5.52. The van der Waals surface area contributed by atoms with E-state index in [4.69, 9.17) is 61.6 Å². The van der Waals surface area contributed by atoms with Gasteiger partial charge in [-0.25, -0.2) is 14.4 Å². The molecule has 24 unspecified atom stereocenters. The van der Waals surface area contributed by atoms with E-state index >= 15 is 0 Å². The summed E-state index contributed by atoms with van der Waals surface area (Å²) in [7, 11) is 0. The number of phenolic OH excluding ortho intramolecular Hbond substituents is 2. The lowest BCUT2D eigenvalue weighted by atomic mass is 9.95. The lowest BCUT2D eigenvalue weighted by Gasteiger charge is -2.51. The average molecular weight is 1270 g/mol. The highest BCUT2D eigenvalue weighted by molar-refractivity contribution is 5.90. The van der Waals surface area contributed by atoms with Crippen LogP contribution in [0.4, 0.5) is 0 Å². The zero-order valence-corrected chi connectivity index (χ0v) is 47.0. The highest BCUT2D eigenvalue weighted by Crippen LogP contribution is 2.42. The molecule has 0 bridgehead atoms. The number of ether oxygens (including phenoxy) is 13. The number of aliphatic hydroxyl groups is 13. The lowest BCUT2D eigenvalue weighted by Crippen LogP contribution is -2.69. The van der Waals surface area contributed by atoms with E-state index in [2.05, 4.69) is 0 Å². The molecule has 24 atom stereocenters. The van der Waals surface area contributed by atoms with Gasteiger partial charge in [0.2, 0.25) is 5.79 Å². The van der Waals surface area contributed by atoms with Gasteiger partial charge < -0.3 is 138 Å². The molecular weight excluding hydrogens is 1200 g/mol. The van der Waals surface area contributed by atoms with E-state index in [0.717, 1.165) is 19.1 Å². The van der Waals surface area contributed by atoms with Crippen LogP contribution in [0.3, 0.4) is 0 Å². The normalized spacial score (nSPS) is 37.4. The van der Waals surface area contributed by atoms with Crippen molar-refractivity contribution in [2.75, 3.05) is 39.6 Å². The largest absolute Gasteiger partial charge is 0.508 e. The van der Waals surface area contributed by atoms with Crippen LogP contribution in [0, 0.1) is 0 Å². The Morgan fingerprint density at radius 1 is 0.472 bits per heavy atom. The molecule has 89 heavy (non-hydrogen) atoms. The smallest absolute Gasteiger partial charge is 0.338 e. The van der Waals surface area contributed by atoms with Crippen molar-refractivity contribution in [1.82, 2.24) is 0 Å². The lowest BCUT2D eigenvalue weighted by molar-refractivity contribution is -0.423. The molecule has 8 rings (SSSR count). The molecule has 0 saturated carbocycles. The molecule has 15 N–H and O–H groups in total. The molecule has 3 aromatic rings. The maximum absolute atomic E-state index is 14.1. The van der Waals surface area contributed by atoms with Crippen molar-refractivity contribution in [2.24, 2.45) is 0 Å². The Hall–Kier alpha value is -6.26. The van der Waals surface area contributed by atoms with Crippen LogP contribution in [-0.4, -0.2) is 287 Å². The van der Waals surface area contributed by atoms with Crippen LogP contribution in [0.5, 0.6) is 11.5 Å². The number of hydrogen-bond donors (Lipinski definition) is 15. The zero-order chi connectivity index (χ0) is 64.4. The minimum absolute atomic E-state index is 0.105. The first-order valence-corrected chi connectivity index (χ1v) is 27.7. The Morgan fingerprint density at radius 3 is 1.48 bits per heavy atom. The molecule has 0 radical (unpaired) electrons. The standard InChI is InChI=1S/C57H70O32/c1-25(62)77-23-35-40(69)48(84-53-44(73)42(71)38(67)31(19-58)79-53)46(75)55(82-35)85-49-47(83-37(66)18-12-27-9-15-30(64)16-10-27)34(22-61)81-56(50(49)86-54-45(74)43(72)39(68)32(20-59)80-54)89-57(24-78-36(65)17-11-26-7-13-29(63)14-8-26)51(41(70)33(21-60)88-57)87-52(76)28-5-3-2-4-6-28/h2-18,31-35,38-51,53-56,58-61,63-64,67-75H,19-24H2,1H3. The molecule has 0 spiro atoms. The van der Waals surface area contributed by atoms with E-state index in [-0.39, 0.29) is 17.1 Å². The third-order valence-corrected chi connectivity index (χ3v) is 14.9. The highest BCUT2D eigenvalue weighted by Gasteiger charge is 2.64. The van der Waals surface area contributed by atoms with Crippen LogP contribution in [0.2, 0.25) is 0 Å². The summed E-state index contributed by atoms with van der Waals surface area (Å²) in [6.07, 6.45) is -44.9. The number of esters is 4. The van der Waals surface area contributed by atoms with E-state index in [0.29, 0.717) is 11.1 Å². The monoisotopic (exact) mass is 1270 g/mol. The first kappa shape index (κ1) is 68.6. The number of benzene rings is 3. The Kier molecular flexibility index (Phi) is 23.7. The molecule has 3 aromatic carbocycles. The van der Waals surface area contributed by atoms with Gasteiger partial charge in [-0.15, -0.1) is 0 Å². The number of hydrogen-bond acceptors (Lipinski definition) is 32. The second kappa shape index (κ2) is 30.7.